The molecule has 5 rings (SSSR count). The average Bonchev–Trinajstić information content (AvgIpc) is 3.46. The molecule has 4 aromatic rings. The first-order valence-corrected chi connectivity index (χ1v) is 11.4. The molecular weight excluding hydrogens is 465 g/mol. The van der Waals surface area contributed by atoms with Gasteiger partial charge in [0, 0.05) is 18.6 Å². The van der Waals surface area contributed by atoms with Crippen molar-refractivity contribution in [3.8, 4) is 17.3 Å². The monoisotopic (exact) mass is 489 g/mol. The van der Waals surface area contributed by atoms with E-state index < -0.39 is 17.7 Å². The fraction of sp³-hybridized carbons (Fsp3) is 0.333. The highest BCUT2D eigenvalue weighted by Gasteiger charge is 2.28. The number of rotatable bonds is 8. The molecule has 1 aliphatic rings. The summed E-state index contributed by atoms with van der Waals surface area (Å²) in [4.78, 5) is 21.7. The Bertz CT molecular complexity index is 1480. The maximum atomic E-state index is 14.2. The van der Waals surface area contributed by atoms with Crippen LogP contribution in [0.3, 0.4) is 0 Å². The summed E-state index contributed by atoms with van der Waals surface area (Å²) in [7, 11) is 0. The van der Waals surface area contributed by atoms with Crippen molar-refractivity contribution in [3.63, 3.8) is 0 Å². The van der Waals surface area contributed by atoms with Gasteiger partial charge in [-0.2, -0.15) is 15.5 Å². The lowest BCUT2D eigenvalue weighted by Crippen LogP contribution is -2.42. The van der Waals surface area contributed by atoms with Gasteiger partial charge in [-0.25, -0.2) is 13.9 Å². The summed E-state index contributed by atoms with van der Waals surface area (Å²) in [5.74, 6) is -0.547. The quantitative estimate of drug-likeness (QED) is 0.342. The van der Waals surface area contributed by atoms with E-state index in [4.69, 9.17) is 5.26 Å². The Morgan fingerprint density at radius 3 is 2.78 bits per heavy atom. The average molecular weight is 490 g/mol. The Balaban J connectivity index is 1.48. The van der Waals surface area contributed by atoms with Crippen LogP contribution in [-0.2, 0) is 0 Å². The van der Waals surface area contributed by atoms with Crippen molar-refractivity contribution in [1.29, 1.82) is 5.26 Å². The van der Waals surface area contributed by atoms with Crippen molar-refractivity contribution in [2.45, 2.75) is 44.5 Å². The number of nitrogens with zero attached hydrogens (tertiary/aromatic N) is 7. The molecular formula is C24H24FN9O2. The number of halogens is 1. The number of amides is 1. The lowest BCUT2D eigenvalue weighted by molar-refractivity contribution is -0.00177. The molecule has 0 aromatic carbocycles. The molecule has 1 aliphatic carbocycles. The number of fused-ring (bicyclic) bond motifs is 1. The standard InChI is InChI=1S/C24H24FN9O2/c1-24(2,36)21(25)11-29-23(35)18-9-27-19(17-10-31-34-12-14(6-26)7-28-22(17)34)5-20(18)32-15-8-30-33(13-15)16-3-4-16/h5,7-10,12-13,16,21,36H,3-4,11H2,1-2H3,(H,27,32)(H,29,35)/t21-/m1/s1. The van der Waals surface area contributed by atoms with Crippen LogP contribution in [-0.4, -0.2) is 58.7 Å². The number of pyridine rings is 1. The maximum Gasteiger partial charge on any atom is 0.255 e. The van der Waals surface area contributed by atoms with Crippen molar-refractivity contribution in [2.75, 3.05) is 11.9 Å². The molecule has 36 heavy (non-hydrogen) atoms. The summed E-state index contributed by atoms with van der Waals surface area (Å²) in [6, 6.07) is 4.10. The molecule has 12 heteroatoms. The summed E-state index contributed by atoms with van der Waals surface area (Å²) < 4.78 is 17.6. The number of alkyl halides is 1. The summed E-state index contributed by atoms with van der Waals surface area (Å²) in [6.45, 7) is 2.32. The Kier molecular flexibility index (Phi) is 5.85. The van der Waals surface area contributed by atoms with Crippen molar-refractivity contribution in [3.05, 3.63) is 54.4 Å². The number of carbonyl (C=O) groups is 1. The first kappa shape index (κ1) is 23.4. The molecule has 0 aliphatic heterocycles. The fourth-order valence-corrected chi connectivity index (χ4v) is 3.62. The van der Waals surface area contributed by atoms with Crippen LogP contribution in [0.15, 0.2) is 43.2 Å². The van der Waals surface area contributed by atoms with E-state index in [9.17, 15) is 14.3 Å². The normalized spacial score (nSPS) is 14.4. The van der Waals surface area contributed by atoms with E-state index in [0.717, 1.165) is 12.8 Å². The van der Waals surface area contributed by atoms with E-state index in [-0.39, 0.29) is 12.1 Å². The Morgan fingerprint density at radius 2 is 2.06 bits per heavy atom. The topological polar surface area (TPSA) is 146 Å². The number of nitriles is 1. The van der Waals surface area contributed by atoms with Gasteiger partial charge in [0.15, 0.2) is 5.65 Å². The lowest BCUT2D eigenvalue weighted by atomic mass is 10.0. The van der Waals surface area contributed by atoms with E-state index in [1.165, 1.54) is 30.8 Å². The van der Waals surface area contributed by atoms with Crippen LogP contribution in [0.5, 0.6) is 0 Å². The molecule has 4 heterocycles. The molecule has 0 saturated heterocycles. The first-order valence-electron chi connectivity index (χ1n) is 11.4. The minimum atomic E-state index is -1.65. The third-order valence-corrected chi connectivity index (χ3v) is 5.92. The molecule has 0 spiro atoms. The number of anilines is 2. The van der Waals surface area contributed by atoms with Gasteiger partial charge in [-0.3, -0.25) is 14.5 Å². The van der Waals surface area contributed by atoms with E-state index in [0.29, 0.717) is 39.9 Å². The second-order valence-corrected chi connectivity index (χ2v) is 9.29. The van der Waals surface area contributed by atoms with E-state index in [2.05, 4.69) is 30.8 Å². The van der Waals surface area contributed by atoms with Crippen LogP contribution in [0.25, 0.3) is 16.9 Å². The van der Waals surface area contributed by atoms with Gasteiger partial charge in [-0.15, -0.1) is 0 Å². The van der Waals surface area contributed by atoms with Crippen LogP contribution in [0.1, 0.15) is 48.7 Å². The Hall–Kier alpha value is -4.37. The van der Waals surface area contributed by atoms with Crippen LogP contribution in [0.2, 0.25) is 0 Å². The van der Waals surface area contributed by atoms with Crippen LogP contribution in [0.4, 0.5) is 15.8 Å². The van der Waals surface area contributed by atoms with Gasteiger partial charge < -0.3 is 15.7 Å². The molecule has 1 saturated carbocycles. The first-order chi connectivity index (χ1) is 17.2. The second kappa shape index (κ2) is 9.01. The minimum absolute atomic E-state index is 0.192. The van der Waals surface area contributed by atoms with Gasteiger partial charge in [0.1, 0.15) is 12.2 Å². The number of aliphatic hydroxyl groups is 1. The highest BCUT2D eigenvalue weighted by atomic mass is 19.1. The summed E-state index contributed by atoms with van der Waals surface area (Å²) in [5, 5.41) is 33.3. The van der Waals surface area contributed by atoms with E-state index in [1.807, 2.05) is 16.9 Å². The smallest absolute Gasteiger partial charge is 0.255 e. The zero-order chi connectivity index (χ0) is 25.4. The van der Waals surface area contributed by atoms with Gasteiger partial charge >= 0.3 is 0 Å². The van der Waals surface area contributed by atoms with Crippen molar-refractivity contribution in [1.82, 2.24) is 34.7 Å². The number of nitrogens with one attached hydrogen (secondary N) is 2. The molecule has 0 unspecified atom stereocenters. The molecule has 184 valence electrons. The van der Waals surface area contributed by atoms with Gasteiger partial charge in [-0.1, -0.05) is 0 Å². The predicted molar refractivity (Wildman–Crippen MR) is 128 cm³/mol. The largest absolute Gasteiger partial charge is 0.387 e. The maximum absolute atomic E-state index is 14.2. The highest BCUT2D eigenvalue weighted by Crippen LogP contribution is 2.35. The second-order valence-electron chi connectivity index (χ2n) is 9.29. The summed E-state index contributed by atoms with van der Waals surface area (Å²) in [5.41, 5.74) is 1.68. The van der Waals surface area contributed by atoms with Gasteiger partial charge in [-0.05, 0) is 32.8 Å². The molecule has 3 N–H and O–H groups in total. The van der Waals surface area contributed by atoms with Gasteiger partial charge in [0.25, 0.3) is 5.91 Å². The third-order valence-electron chi connectivity index (χ3n) is 5.92. The Morgan fingerprint density at radius 1 is 1.25 bits per heavy atom. The van der Waals surface area contributed by atoms with Gasteiger partial charge in [0.2, 0.25) is 0 Å². The van der Waals surface area contributed by atoms with Gasteiger partial charge in [0.05, 0.1) is 70.5 Å². The summed E-state index contributed by atoms with van der Waals surface area (Å²) >= 11 is 0. The number of hydrogen-bond acceptors (Lipinski definition) is 8. The predicted octanol–water partition coefficient (Wildman–Crippen LogP) is 2.78. The van der Waals surface area contributed by atoms with Crippen molar-refractivity contribution >= 4 is 22.9 Å². The molecule has 11 nitrogen and oxygen atoms in total. The molecule has 0 bridgehead atoms. The zero-order valence-electron chi connectivity index (χ0n) is 19.7. The number of carbonyl (C=O) groups excluding carboxylic acids is 1. The number of hydrogen-bond donors (Lipinski definition) is 3. The van der Waals surface area contributed by atoms with Crippen molar-refractivity contribution in [2.24, 2.45) is 0 Å². The van der Waals surface area contributed by atoms with E-state index in [1.54, 1.807) is 24.7 Å². The number of aromatic nitrogens is 6. The highest BCUT2D eigenvalue weighted by molar-refractivity contribution is 6.00. The third kappa shape index (κ3) is 4.73. The van der Waals surface area contributed by atoms with Crippen LogP contribution >= 0.6 is 0 Å². The van der Waals surface area contributed by atoms with Crippen LogP contribution < -0.4 is 10.6 Å². The van der Waals surface area contributed by atoms with E-state index >= 15 is 0 Å². The lowest BCUT2D eigenvalue weighted by Gasteiger charge is -2.22. The fourth-order valence-electron chi connectivity index (χ4n) is 3.62. The molecule has 4 aromatic heterocycles. The molecule has 1 fully saturated rings. The zero-order valence-corrected chi connectivity index (χ0v) is 19.7. The Labute approximate surface area is 205 Å². The summed E-state index contributed by atoms with van der Waals surface area (Å²) in [6.07, 6.45) is 10.0. The van der Waals surface area contributed by atoms with Crippen LogP contribution in [0, 0.1) is 11.3 Å². The van der Waals surface area contributed by atoms with Crippen molar-refractivity contribution < 1.29 is 14.3 Å². The SMILES string of the molecule is CC(C)(O)[C@H](F)CNC(=O)c1cnc(-c2cnn3cc(C#N)cnc23)cc1Nc1cnn(C2CC2)c1. The molecule has 1 amide bonds. The molecule has 1 atom stereocenters. The minimum Gasteiger partial charge on any atom is -0.387 e. The molecule has 0 radical (unpaired) electrons.